The highest BCUT2D eigenvalue weighted by Crippen LogP contribution is 2.42. The molecule has 0 bridgehead atoms. The molecule has 1 saturated heterocycles. The number of rotatable bonds is 5. The van der Waals surface area contributed by atoms with Crippen molar-refractivity contribution in [3.8, 4) is 5.69 Å². The molecule has 0 saturated carbocycles. The zero-order valence-electron chi connectivity index (χ0n) is 20.0. The van der Waals surface area contributed by atoms with Gasteiger partial charge in [0.15, 0.2) is 5.11 Å². The molecule has 0 aliphatic carbocycles. The fraction of sp³-hybridized carbons (Fsp3) is 0.250. The maximum Gasteiger partial charge on any atom is 0.170 e. The van der Waals surface area contributed by atoms with E-state index in [1.165, 1.54) is 39.3 Å². The highest BCUT2D eigenvalue weighted by Gasteiger charge is 2.41. The Morgan fingerprint density at radius 3 is 2.47 bits per heavy atom. The normalized spacial score (nSPS) is 17.8. The predicted octanol–water partition coefficient (Wildman–Crippen LogP) is 5.67. The summed E-state index contributed by atoms with van der Waals surface area (Å²) in [5.74, 6) is 0. The van der Waals surface area contributed by atoms with Crippen molar-refractivity contribution in [3.05, 3.63) is 113 Å². The van der Waals surface area contributed by atoms with Crippen molar-refractivity contribution in [2.24, 2.45) is 0 Å². The lowest BCUT2D eigenvalue weighted by molar-refractivity contribution is 0.310. The summed E-state index contributed by atoms with van der Waals surface area (Å²) >= 11 is 5.87. The van der Waals surface area contributed by atoms with Crippen LogP contribution in [0.4, 0.5) is 0 Å². The number of aromatic nitrogens is 3. The number of aryl methyl sites for hydroxylation is 2. The molecule has 3 aromatic heterocycles. The molecule has 5 nitrogen and oxygen atoms in total. The first-order valence-corrected chi connectivity index (χ1v) is 12.0. The van der Waals surface area contributed by atoms with Crippen molar-refractivity contribution in [2.75, 3.05) is 0 Å². The van der Waals surface area contributed by atoms with Crippen LogP contribution in [0.5, 0.6) is 0 Å². The maximum atomic E-state index is 5.87. The van der Waals surface area contributed by atoms with Gasteiger partial charge in [-0.15, -0.1) is 0 Å². The number of hydrogen-bond donors (Lipinski definition) is 1. The lowest BCUT2D eigenvalue weighted by Gasteiger charge is -2.28. The first-order valence-electron chi connectivity index (χ1n) is 11.6. The molecule has 1 aromatic carbocycles. The van der Waals surface area contributed by atoms with E-state index >= 15 is 0 Å². The van der Waals surface area contributed by atoms with Crippen LogP contribution in [-0.2, 0) is 6.54 Å². The maximum absolute atomic E-state index is 5.87. The summed E-state index contributed by atoms with van der Waals surface area (Å²) in [6, 6.07) is 19.0. The first kappa shape index (κ1) is 22.3. The van der Waals surface area contributed by atoms with E-state index in [1.807, 2.05) is 42.9 Å². The van der Waals surface area contributed by atoms with Gasteiger partial charge in [-0.05, 0) is 98.6 Å². The lowest BCUT2D eigenvalue weighted by atomic mass is 9.96. The molecule has 1 aliphatic heterocycles. The van der Waals surface area contributed by atoms with Crippen LogP contribution in [0, 0.1) is 27.7 Å². The van der Waals surface area contributed by atoms with E-state index in [0.29, 0.717) is 6.54 Å². The van der Waals surface area contributed by atoms with Crippen LogP contribution in [0.15, 0.2) is 73.2 Å². The average molecular weight is 468 g/mol. The highest BCUT2D eigenvalue weighted by atomic mass is 32.1. The minimum atomic E-state index is -0.0388. The van der Waals surface area contributed by atoms with Crippen LogP contribution >= 0.6 is 12.2 Å². The molecule has 4 heterocycles. The minimum absolute atomic E-state index is 0.0145. The monoisotopic (exact) mass is 467 g/mol. The molecule has 0 unspecified atom stereocenters. The summed E-state index contributed by atoms with van der Waals surface area (Å²) < 4.78 is 2.37. The molecule has 0 amide bonds. The quantitative estimate of drug-likeness (QED) is 0.383. The van der Waals surface area contributed by atoms with Crippen molar-refractivity contribution in [3.63, 3.8) is 0 Å². The van der Waals surface area contributed by atoms with E-state index in [2.05, 4.69) is 82.8 Å². The van der Waals surface area contributed by atoms with Crippen molar-refractivity contribution >= 4 is 17.3 Å². The molecule has 1 N–H and O–H groups in total. The first-order chi connectivity index (χ1) is 16.5. The smallest absolute Gasteiger partial charge is 0.170 e. The van der Waals surface area contributed by atoms with E-state index in [9.17, 15) is 0 Å². The third kappa shape index (κ3) is 3.88. The van der Waals surface area contributed by atoms with Gasteiger partial charge in [0.05, 0.1) is 17.8 Å². The fourth-order valence-corrected chi connectivity index (χ4v) is 5.34. The van der Waals surface area contributed by atoms with Crippen molar-refractivity contribution in [2.45, 2.75) is 46.3 Å². The van der Waals surface area contributed by atoms with Crippen LogP contribution in [0.1, 0.15) is 51.4 Å². The van der Waals surface area contributed by atoms with Gasteiger partial charge in [-0.1, -0.05) is 18.2 Å². The Hall–Kier alpha value is -3.51. The van der Waals surface area contributed by atoms with Crippen LogP contribution < -0.4 is 5.32 Å². The summed E-state index contributed by atoms with van der Waals surface area (Å²) in [4.78, 5) is 11.2. The predicted molar refractivity (Wildman–Crippen MR) is 140 cm³/mol. The van der Waals surface area contributed by atoms with Crippen molar-refractivity contribution in [1.82, 2.24) is 24.8 Å². The van der Waals surface area contributed by atoms with Gasteiger partial charge in [0.2, 0.25) is 0 Å². The Morgan fingerprint density at radius 2 is 1.74 bits per heavy atom. The zero-order valence-corrected chi connectivity index (χ0v) is 20.8. The number of nitrogens with zero attached hydrogens (tertiary/aromatic N) is 4. The average Bonchev–Trinajstić information content (AvgIpc) is 3.32. The molecule has 34 heavy (non-hydrogen) atoms. The summed E-state index contributed by atoms with van der Waals surface area (Å²) in [7, 11) is 0. The molecule has 6 heteroatoms. The summed E-state index contributed by atoms with van der Waals surface area (Å²) in [6.07, 6.45) is 5.51. The van der Waals surface area contributed by atoms with Crippen LogP contribution in [0.2, 0.25) is 0 Å². The van der Waals surface area contributed by atoms with Gasteiger partial charge >= 0.3 is 0 Å². The Balaban J connectivity index is 1.64. The second-order valence-electron chi connectivity index (χ2n) is 8.99. The van der Waals surface area contributed by atoms with Crippen molar-refractivity contribution < 1.29 is 0 Å². The number of hydrogen-bond acceptors (Lipinski definition) is 3. The van der Waals surface area contributed by atoms with Gasteiger partial charge < -0.3 is 14.8 Å². The standard InChI is InChI=1S/C28H29N5S/c1-18-8-7-10-25(20(18)3)33-19(2)16-23(21(33)4)27-26(24-9-5-6-13-30-24)31-28(34)32(27)17-22-11-14-29-15-12-22/h5-16,26-27H,17H2,1-4H3,(H,31,34)/t26-,27-/m1/s1. The van der Waals surface area contributed by atoms with Crippen molar-refractivity contribution in [1.29, 1.82) is 0 Å². The van der Waals surface area contributed by atoms with Gasteiger partial charge in [0.25, 0.3) is 0 Å². The molecular weight excluding hydrogens is 438 g/mol. The number of pyridine rings is 2. The molecule has 4 aromatic rings. The largest absolute Gasteiger partial charge is 0.352 e. The minimum Gasteiger partial charge on any atom is -0.352 e. The topological polar surface area (TPSA) is 46.0 Å². The van der Waals surface area contributed by atoms with E-state index < -0.39 is 0 Å². The highest BCUT2D eigenvalue weighted by molar-refractivity contribution is 7.80. The van der Waals surface area contributed by atoms with E-state index in [1.54, 1.807) is 0 Å². The molecule has 1 fully saturated rings. The second kappa shape index (κ2) is 9.03. The molecule has 5 rings (SSSR count). The number of thiocarbonyl (C=S) groups is 1. The Kier molecular flexibility index (Phi) is 5.92. The number of benzene rings is 1. The third-order valence-electron chi connectivity index (χ3n) is 6.91. The van der Waals surface area contributed by atoms with E-state index in [0.717, 1.165) is 10.8 Å². The summed E-state index contributed by atoms with van der Waals surface area (Å²) in [6.45, 7) is 9.46. The van der Waals surface area contributed by atoms with Gasteiger partial charge in [0.1, 0.15) is 0 Å². The zero-order chi connectivity index (χ0) is 23.8. The van der Waals surface area contributed by atoms with E-state index in [-0.39, 0.29) is 12.1 Å². The van der Waals surface area contributed by atoms with Crippen LogP contribution in [0.25, 0.3) is 5.69 Å². The third-order valence-corrected chi connectivity index (χ3v) is 7.26. The van der Waals surface area contributed by atoms with Crippen LogP contribution in [-0.4, -0.2) is 24.5 Å². The SMILES string of the molecule is Cc1cccc(-n2c(C)cc([C@@H]3[C@@H](c4ccccn4)NC(=S)N3Cc3ccncc3)c2C)c1C. The Labute approximate surface area is 206 Å². The van der Waals surface area contributed by atoms with Gasteiger partial charge in [-0.3, -0.25) is 9.97 Å². The molecule has 172 valence electrons. The van der Waals surface area contributed by atoms with E-state index in [4.69, 9.17) is 12.2 Å². The van der Waals surface area contributed by atoms with Gasteiger partial charge in [0, 0.05) is 42.2 Å². The molecule has 2 atom stereocenters. The molecule has 0 radical (unpaired) electrons. The van der Waals surface area contributed by atoms with Gasteiger partial charge in [-0.2, -0.15) is 0 Å². The molecule has 0 spiro atoms. The molecule has 1 aliphatic rings. The summed E-state index contributed by atoms with van der Waals surface area (Å²) in [5.41, 5.74) is 9.68. The lowest BCUT2D eigenvalue weighted by Crippen LogP contribution is -2.29. The Bertz CT molecular complexity index is 1330. The molecular formula is C28H29N5S. The number of nitrogens with one attached hydrogen (secondary N) is 1. The Morgan fingerprint density at radius 1 is 0.941 bits per heavy atom. The fourth-order valence-electron chi connectivity index (χ4n) is 5.03. The second-order valence-corrected chi connectivity index (χ2v) is 9.38. The van der Waals surface area contributed by atoms with Gasteiger partial charge in [-0.25, -0.2) is 0 Å². The van der Waals surface area contributed by atoms with Crippen LogP contribution in [0.3, 0.4) is 0 Å². The summed E-state index contributed by atoms with van der Waals surface area (Å²) in [5, 5.41) is 4.32.